The molecular formula is C21H25F3N6O2. The smallest absolute Gasteiger partial charge is 0.342 e. The van der Waals surface area contributed by atoms with Crippen molar-refractivity contribution in [1.29, 1.82) is 0 Å². The van der Waals surface area contributed by atoms with Crippen LogP contribution in [0.5, 0.6) is 0 Å². The first-order valence-electron chi connectivity index (χ1n) is 10.7. The minimum Gasteiger partial charge on any atom is -0.342 e. The predicted octanol–water partition coefficient (Wildman–Crippen LogP) is 2.06. The molecule has 1 aromatic heterocycles. The molecule has 0 bridgehead atoms. The van der Waals surface area contributed by atoms with Gasteiger partial charge < -0.3 is 9.80 Å². The number of amides is 2. The number of likely N-dealkylation sites (tertiary alicyclic amines) is 1. The average molecular weight is 450 g/mol. The number of carbonyl (C=O) groups is 2. The van der Waals surface area contributed by atoms with Crippen molar-refractivity contribution in [3.05, 3.63) is 41.7 Å². The van der Waals surface area contributed by atoms with E-state index in [9.17, 15) is 22.8 Å². The highest BCUT2D eigenvalue weighted by molar-refractivity contribution is 5.92. The van der Waals surface area contributed by atoms with Crippen LogP contribution in [0.2, 0.25) is 0 Å². The van der Waals surface area contributed by atoms with Crippen LogP contribution in [0, 0.1) is 0 Å². The molecule has 1 aromatic carbocycles. The third kappa shape index (κ3) is 4.93. The Bertz CT molecular complexity index is 970. The second kappa shape index (κ2) is 9.27. The molecule has 2 saturated heterocycles. The number of hydrogen-bond acceptors (Lipinski definition) is 5. The molecule has 2 amide bonds. The maximum Gasteiger partial charge on any atom is 0.418 e. The summed E-state index contributed by atoms with van der Waals surface area (Å²) in [5, 5.41) is 7.58. The van der Waals surface area contributed by atoms with Gasteiger partial charge in [0.2, 0.25) is 5.91 Å². The van der Waals surface area contributed by atoms with Gasteiger partial charge >= 0.3 is 6.18 Å². The Morgan fingerprint density at radius 2 is 1.62 bits per heavy atom. The molecule has 4 rings (SSSR count). The van der Waals surface area contributed by atoms with Crippen LogP contribution in [-0.4, -0.2) is 87.3 Å². The zero-order chi connectivity index (χ0) is 22.7. The van der Waals surface area contributed by atoms with E-state index in [-0.39, 0.29) is 23.2 Å². The lowest BCUT2D eigenvalue weighted by molar-refractivity contribution is -0.137. The van der Waals surface area contributed by atoms with Gasteiger partial charge in [0.1, 0.15) is 0 Å². The number of halogens is 3. The number of alkyl halides is 3. The molecule has 0 radical (unpaired) electrons. The lowest BCUT2D eigenvalue weighted by Crippen LogP contribution is -2.41. The van der Waals surface area contributed by atoms with Gasteiger partial charge in [0.05, 0.1) is 24.0 Å². The second-order valence-corrected chi connectivity index (χ2v) is 8.07. The first kappa shape index (κ1) is 22.3. The summed E-state index contributed by atoms with van der Waals surface area (Å²) in [6.45, 7) is 4.12. The minimum absolute atomic E-state index is 0.0106. The van der Waals surface area contributed by atoms with Crippen LogP contribution in [0.4, 0.5) is 13.2 Å². The summed E-state index contributed by atoms with van der Waals surface area (Å²) in [6.07, 6.45) is -0.533. The number of carbonyl (C=O) groups excluding carboxylic acids is 2. The third-order valence-electron chi connectivity index (χ3n) is 5.86. The number of hydrogen-bond donors (Lipinski definition) is 0. The number of nitrogens with zero attached hydrogens (tertiary/aromatic N) is 6. The normalized spacial score (nSPS) is 18.1. The van der Waals surface area contributed by atoms with Crippen LogP contribution >= 0.6 is 0 Å². The third-order valence-corrected chi connectivity index (χ3v) is 5.86. The van der Waals surface area contributed by atoms with Crippen LogP contribution in [0.15, 0.2) is 30.5 Å². The number of benzene rings is 1. The summed E-state index contributed by atoms with van der Waals surface area (Å²) in [5.41, 5.74) is -1.05. The lowest BCUT2D eigenvalue weighted by Gasteiger charge is -2.23. The quantitative estimate of drug-likeness (QED) is 0.713. The number of aromatic nitrogens is 3. The topological polar surface area (TPSA) is 74.6 Å². The first-order valence-corrected chi connectivity index (χ1v) is 10.7. The summed E-state index contributed by atoms with van der Waals surface area (Å²) < 4.78 is 40.9. The first-order chi connectivity index (χ1) is 15.3. The van der Waals surface area contributed by atoms with Crippen molar-refractivity contribution in [3.63, 3.8) is 0 Å². The minimum atomic E-state index is -4.55. The van der Waals surface area contributed by atoms with E-state index in [4.69, 9.17) is 0 Å². The Morgan fingerprint density at radius 3 is 2.38 bits per heavy atom. The SMILES string of the molecule is O=C(CN1CCCN(C(=O)c2cn(-c3ccccc3C(F)(F)F)nn2)CC1)N1CCCC1. The number of para-hydroxylation sites is 1. The molecule has 11 heteroatoms. The van der Waals surface area contributed by atoms with Crippen LogP contribution in [0.25, 0.3) is 5.69 Å². The highest BCUT2D eigenvalue weighted by Gasteiger charge is 2.34. The van der Waals surface area contributed by atoms with Gasteiger partial charge in [0.25, 0.3) is 5.91 Å². The standard InChI is InChI=1S/C21H25F3N6O2/c22-21(23,24)16-6-1-2-7-18(16)30-14-17(25-26-30)20(32)29-11-5-8-27(12-13-29)15-19(31)28-9-3-4-10-28/h1-2,6-7,14H,3-5,8-13,15H2. The molecule has 2 aliphatic heterocycles. The summed E-state index contributed by atoms with van der Waals surface area (Å²) in [6, 6.07) is 5.02. The molecule has 172 valence electrons. The molecule has 0 aliphatic carbocycles. The van der Waals surface area contributed by atoms with Crippen molar-refractivity contribution in [2.45, 2.75) is 25.4 Å². The second-order valence-electron chi connectivity index (χ2n) is 8.07. The van der Waals surface area contributed by atoms with Crippen molar-refractivity contribution in [1.82, 2.24) is 29.7 Å². The van der Waals surface area contributed by atoms with Crippen molar-refractivity contribution in [3.8, 4) is 5.69 Å². The van der Waals surface area contributed by atoms with E-state index in [1.54, 1.807) is 4.90 Å². The van der Waals surface area contributed by atoms with E-state index >= 15 is 0 Å². The number of rotatable bonds is 4. The Hall–Kier alpha value is -2.95. The molecule has 0 atom stereocenters. The van der Waals surface area contributed by atoms with E-state index in [0.717, 1.165) is 36.7 Å². The summed E-state index contributed by atoms with van der Waals surface area (Å²) in [7, 11) is 0. The fourth-order valence-electron chi connectivity index (χ4n) is 4.14. The molecule has 3 heterocycles. The highest BCUT2D eigenvalue weighted by atomic mass is 19.4. The Labute approximate surface area is 183 Å². The van der Waals surface area contributed by atoms with Crippen molar-refractivity contribution in [2.24, 2.45) is 0 Å². The molecule has 0 spiro atoms. The molecule has 8 nitrogen and oxygen atoms in total. The molecule has 2 aromatic rings. The van der Waals surface area contributed by atoms with E-state index in [1.165, 1.54) is 24.4 Å². The van der Waals surface area contributed by atoms with E-state index in [0.29, 0.717) is 39.1 Å². The van der Waals surface area contributed by atoms with Crippen LogP contribution in [0.1, 0.15) is 35.3 Å². The van der Waals surface area contributed by atoms with E-state index < -0.39 is 11.7 Å². The van der Waals surface area contributed by atoms with Crippen molar-refractivity contribution in [2.75, 3.05) is 45.8 Å². The fourth-order valence-corrected chi connectivity index (χ4v) is 4.14. The summed E-state index contributed by atoms with van der Waals surface area (Å²) in [4.78, 5) is 30.9. The van der Waals surface area contributed by atoms with Gasteiger partial charge in [-0.25, -0.2) is 4.68 Å². The maximum atomic E-state index is 13.3. The summed E-state index contributed by atoms with van der Waals surface area (Å²) >= 11 is 0. The molecule has 0 unspecified atom stereocenters. The van der Waals surface area contributed by atoms with Gasteiger partial charge in [-0.05, 0) is 31.4 Å². The molecule has 32 heavy (non-hydrogen) atoms. The molecule has 0 saturated carbocycles. The van der Waals surface area contributed by atoms with Crippen molar-refractivity contribution < 1.29 is 22.8 Å². The average Bonchev–Trinajstić information content (AvgIpc) is 3.43. The Kier molecular flexibility index (Phi) is 6.45. The van der Waals surface area contributed by atoms with Gasteiger partial charge in [0.15, 0.2) is 5.69 Å². The van der Waals surface area contributed by atoms with Gasteiger partial charge in [-0.3, -0.25) is 14.5 Å². The largest absolute Gasteiger partial charge is 0.418 e. The highest BCUT2D eigenvalue weighted by Crippen LogP contribution is 2.33. The van der Waals surface area contributed by atoms with E-state index in [2.05, 4.69) is 10.3 Å². The zero-order valence-corrected chi connectivity index (χ0v) is 17.6. The van der Waals surface area contributed by atoms with Crippen molar-refractivity contribution >= 4 is 11.8 Å². The van der Waals surface area contributed by atoms with Gasteiger partial charge in [0, 0.05) is 39.3 Å². The predicted molar refractivity (Wildman–Crippen MR) is 109 cm³/mol. The van der Waals surface area contributed by atoms with Gasteiger partial charge in [-0.2, -0.15) is 13.2 Å². The monoisotopic (exact) mass is 450 g/mol. The molecule has 2 aliphatic rings. The van der Waals surface area contributed by atoms with Crippen LogP contribution < -0.4 is 0 Å². The van der Waals surface area contributed by atoms with Gasteiger partial charge in [-0.15, -0.1) is 5.10 Å². The Morgan fingerprint density at radius 1 is 0.906 bits per heavy atom. The van der Waals surface area contributed by atoms with Gasteiger partial charge in [-0.1, -0.05) is 17.3 Å². The molecule has 2 fully saturated rings. The Balaban J connectivity index is 1.40. The molecular weight excluding hydrogens is 425 g/mol. The lowest BCUT2D eigenvalue weighted by atomic mass is 10.1. The maximum absolute atomic E-state index is 13.3. The molecule has 0 N–H and O–H groups in total. The van der Waals surface area contributed by atoms with Crippen LogP contribution in [-0.2, 0) is 11.0 Å². The van der Waals surface area contributed by atoms with Crippen LogP contribution in [0.3, 0.4) is 0 Å². The zero-order valence-electron chi connectivity index (χ0n) is 17.6. The summed E-state index contributed by atoms with van der Waals surface area (Å²) in [5.74, 6) is -0.262. The van der Waals surface area contributed by atoms with E-state index in [1.807, 2.05) is 9.80 Å². The fraction of sp³-hybridized carbons (Fsp3) is 0.524.